The molecular formula is C17H20N4O3. The number of nitrogens with zero attached hydrogens (tertiary/aromatic N) is 2. The lowest BCUT2D eigenvalue weighted by Crippen LogP contribution is -2.45. The van der Waals surface area contributed by atoms with Crippen LogP contribution in [0.3, 0.4) is 0 Å². The number of rotatable bonds is 4. The van der Waals surface area contributed by atoms with Gasteiger partial charge in [-0.15, -0.1) is 0 Å². The molecule has 1 aromatic carbocycles. The monoisotopic (exact) mass is 328 g/mol. The number of benzene rings is 1. The Balaban J connectivity index is 1.61. The molecule has 2 N–H and O–H groups in total. The highest BCUT2D eigenvalue weighted by molar-refractivity contribution is 5.87. The molecule has 1 saturated heterocycles. The Labute approximate surface area is 139 Å². The van der Waals surface area contributed by atoms with Gasteiger partial charge in [-0.3, -0.25) is 14.4 Å². The lowest BCUT2D eigenvalue weighted by atomic mass is 10.2. The Morgan fingerprint density at radius 1 is 1.38 bits per heavy atom. The summed E-state index contributed by atoms with van der Waals surface area (Å²) in [7, 11) is 0. The summed E-state index contributed by atoms with van der Waals surface area (Å²) in [5, 5.41) is 3.38. The summed E-state index contributed by atoms with van der Waals surface area (Å²) in [4.78, 5) is 44.5. The van der Waals surface area contributed by atoms with E-state index in [1.165, 1.54) is 6.92 Å². The highest BCUT2D eigenvalue weighted by Crippen LogP contribution is 2.17. The normalized spacial score (nSPS) is 17.2. The topological polar surface area (TPSA) is 95.2 Å². The van der Waals surface area contributed by atoms with E-state index in [1.54, 1.807) is 23.1 Å². The first-order valence-corrected chi connectivity index (χ1v) is 8.09. The van der Waals surface area contributed by atoms with Gasteiger partial charge in [0.2, 0.25) is 11.8 Å². The molecule has 0 radical (unpaired) electrons. The van der Waals surface area contributed by atoms with E-state index >= 15 is 0 Å². The van der Waals surface area contributed by atoms with E-state index in [9.17, 15) is 14.4 Å². The number of hydrogen-bond donors (Lipinski definition) is 2. The molecule has 1 aliphatic rings. The molecule has 1 atom stereocenters. The first-order chi connectivity index (χ1) is 11.6. The Morgan fingerprint density at radius 3 is 2.96 bits per heavy atom. The molecule has 7 nitrogen and oxygen atoms in total. The molecule has 1 aliphatic heterocycles. The Morgan fingerprint density at radius 2 is 2.17 bits per heavy atom. The molecule has 1 aromatic heterocycles. The number of carbonyl (C=O) groups is 2. The highest BCUT2D eigenvalue weighted by Gasteiger charge is 2.31. The van der Waals surface area contributed by atoms with E-state index in [4.69, 9.17) is 0 Å². The third kappa shape index (κ3) is 3.29. The van der Waals surface area contributed by atoms with Crippen molar-refractivity contribution in [3.8, 4) is 0 Å². The van der Waals surface area contributed by atoms with Gasteiger partial charge in [-0.1, -0.05) is 12.1 Å². The van der Waals surface area contributed by atoms with Crippen molar-refractivity contribution in [2.45, 2.75) is 32.2 Å². The van der Waals surface area contributed by atoms with Crippen LogP contribution in [-0.4, -0.2) is 45.8 Å². The van der Waals surface area contributed by atoms with Gasteiger partial charge in [-0.25, -0.2) is 4.98 Å². The van der Waals surface area contributed by atoms with Gasteiger partial charge in [-0.2, -0.15) is 0 Å². The molecule has 2 amide bonds. The van der Waals surface area contributed by atoms with E-state index in [2.05, 4.69) is 15.3 Å². The van der Waals surface area contributed by atoms with Gasteiger partial charge in [0.15, 0.2) is 0 Å². The SMILES string of the molecule is CC(=O)N1CCC[C@H]1C(=O)NCCc1nc2ccccc2c(=O)[nH]1. The summed E-state index contributed by atoms with van der Waals surface area (Å²) in [6, 6.07) is 6.75. The van der Waals surface area contributed by atoms with Gasteiger partial charge in [0, 0.05) is 26.4 Å². The number of hydrogen-bond acceptors (Lipinski definition) is 4. The third-order valence-electron chi connectivity index (χ3n) is 4.28. The minimum atomic E-state index is -0.383. The average Bonchev–Trinajstić information content (AvgIpc) is 3.05. The number of amides is 2. The molecule has 0 bridgehead atoms. The molecule has 0 aliphatic carbocycles. The summed E-state index contributed by atoms with van der Waals surface area (Å²) >= 11 is 0. The zero-order valence-electron chi connectivity index (χ0n) is 13.5. The quantitative estimate of drug-likeness (QED) is 0.859. The minimum absolute atomic E-state index is 0.0758. The van der Waals surface area contributed by atoms with E-state index in [0.29, 0.717) is 42.7 Å². The van der Waals surface area contributed by atoms with E-state index < -0.39 is 0 Å². The number of nitrogens with one attached hydrogen (secondary N) is 2. The molecule has 1 fully saturated rings. The maximum atomic E-state index is 12.2. The number of para-hydroxylation sites is 1. The lowest BCUT2D eigenvalue weighted by Gasteiger charge is -2.22. The molecular weight excluding hydrogens is 308 g/mol. The van der Waals surface area contributed by atoms with Crippen LogP contribution >= 0.6 is 0 Å². The third-order valence-corrected chi connectivity index (χ3v) is 4.28. The van der Waals surface area contributed by atoms with Crippen molar-refractivity contribution in [2.24, 2.45) is 0 Å². The second-order valence-corrected chi connectivity index (χ2v) is 5.94. The van der Waals surface area contributed by atoms with Crippen LogP contribution < -0.4 is 10.9 Å². The fraction of sp³-hybridized carbons (Fsp3) is 0.412. The van der Waals surface area contributed by atoms with E-state index in [0.717, 1.165) is 6.42 Å². The largest absolute Gasteiger partial charge is 0.354 e. The number of likely N-dealkylation sites (tertiary alicyclic amines) is 1. The first kappa shape index (κ1) is 16.2. The fourth-order valence-electron chi connectivity index (χ4n) is 3.09. The number of aromatic amines is 1. The van der Waals surface area contributed by atoms with Crippen molar-refractivity contribution in [3.63, 3.8) is 0 Å². The summed E-state index contributed by atoms with van der Waals surface area (Å²) in [6.07, 6.45) is 1.96. The zero-order valence-corrected chi connectivity index (χ0v) is 13.5. The van der Waals surface area contributed by atoms with E-state index in [1.807, 2.05) is 6.07 Å². The van der Waals surface area contributed by atoms with E-state index in [-0.39, 0.29) is 23.4 Å². The smallest absolute Gasteiger partial charge is 0.258 e. The van der Waals surface area contributed by atoms with Gasteiger partial charge < -0.3 is 15.2 Å². The standard InChI is InChI=1S/C17H20N4O3/c1-11(22)21-10-4-7-14(21)17(24)18-9-8-15-19-13-6-3-2-5-12(13)16(23)20-15/h2-3,5-6,14H,4,7-10H2,1H3,(H,18,24)(H,19,20,23)/t14-/m0/s1. The predicted molar refractivity (Wildman–Crippen MR) is 89.5 cm³/mol. The van der Waals surface area contributed by atoms with Crippen LogP contribution in [0.2, 0.25) is 0 Å². The Kier molecular flexibility index (Phi) is 4.59. The van der Waals surface area contributed by atoms with Crippen molar-refractivity contribution in [1.82, 2.24) is 20.2 Å². The van der Waals surface area contributed by atoms with Crippen molar-refractivity contribution >= 4 is 22.7 Å². The van der Waals surface area contributed by atoms with Gasteiger partial charge in [-0.05, 0) is 25.0 Å². The van der Waals surface area contributed by atoms with Gasteiger partial charge in [0.25, 0.3) is 5.56 Å². The fourth-order valence-corrected chi connectivity index (χ4v) is 3.09. The first-order valence-electron chi connectivity index (χ1n) is 8.09. The highest BCUT2D eigenvalue weighted by atomic mass is 16.2. The van der Waals surface area contributed by atoms with Crippen molar-refractivity contribution in [2.75, 3.05) is 13.1 Å². The molecule has 2 heterocycles. The molecule has 2 aromatic rings. The van der Waals surface area contributed by atoms with Crippen molar-refractivity contribution < 1.29 is 9.59 Å². The van der Waals surface area contributed by atoms with Gasteiger partial charge >= 0.3 is 0 Å². The second kappa shape index (κ2) is 6.82. The van der Waals surface area contributed by atoms with Crippen LogP contribution in [-0.2, 0) is 16.0 Å². The van der Waals surface area contributed by atoms with Crippen LogP contribution in [0, 0.1) is 0 Å². The molecule has 7 heteroatoms. The maximum Gasteiger partial charge on any atom is 0.258 e. The van der Waals surface area contributed by atoms with Crippen LogP contribution in [0.5, 0.6) is 0 Å². The van der Waals surface area contributed by atoms with Crippen LogP contribution in [0.1, 0.15) is 25.6 Å². The second-order valence-electron chi connectivity index (χ2n) is 5.94. The van der Waals surface area contributed by atoms with Gasteiger partial charge in [0.1, 0.15) is 11.9 Å². The maximum absolute atomic E-state index is 12.2. The summed E-state index contributed by atoms with van der Waals surface area (Å²) < 4.78 is 0. The Bertz CT molecular complexity index is 830. The molecule has 126 valence electrons. The zero-order chi connectivity index (χ0) is 17.1. The van der Waals surface area contributed by atoms with Crippen molar-refractivity contribution in [3.05, 3.63) is 40.4 Å². The summed E-state index contributed by atoms with van der Waals surface area (Å²) in [5.74, 6) is 0.313. The minimum Gasteiger partial charge on any atom is -0.354 e. The van der Waals surface area contributed by atoms with Crippen LogP contribution in [0.25, 0.3) is 10.9 Å². The number of H-pyrrole nitrogens is 1. The lowest BCUT2D eigenvalue weighted by molar-refractivity contribution is -0.136. The number of aromatic nitrogens is 2. The van der Waals surface area contributed by atoms with Crippen LogP contribution in [0.4, 0.5) is 0 Å². The summed E-state index contributed by atoms with van der Waals surface area (Å²) in [5.41, 5.74) is 0.460. The van der Waals surface area contributed by atoms with Crippen molar-refractivity contribution in [1.29, 1.82) is 0 Å². The number of carbonyl (C=O) groups excluding carboxylic acids is 2. The Hall–Kier alpha value is -2.70. The molecule has 24 heavy (non-hydrogen) atoms. The molecule has 3 rings (SSSR count). The number of fused-ring (bicyclic) bond motifs is 1. The predicted octanol–water partition coefficient (Wildman–Crippen LogP) is 0.593. The summed E-state index contributed by atoms with van der Waals surface area (Å²) in [6.45, 7) is 2.48. The van der Waals surface area contributed by atoms with Crippen LogP contribution in [0.15, 0.2) is 29.1 Å². The van der Waals surface area contributed by atoms with Gasteiger partial charge in [0.05, 0.1) is 10.9 Å². The molecule has 0 saturated carbocycles. The average molecular weight is 328 g/mol. The molecule has 0 unspecified atom stereocenters. The molecule has 0 spiro atoms.